The fourth-order valence-corrected chi connectivity index (χ4v) is 5.74. The van der Waals surface area contributed by atoms with E-state index in [4.69, 9.17) is 0 Å². The number of aromatic nitrogens is 2. The van der Waals surface area contributed by atoms with Crippen LogP contribution in [-0.2, 0) is 17.8 Å². The van der Waals surface area contributed by atoms with Crippen molar-refractivity contribution < 1.29 is 4.79 Å². The number of thioether (sulfide) groups is 1. The Labute approximate surface area is 164 Å². The predicted molar refractivity (Wildman–Crippen MR) is 108 cm³/mol. The maximum Gasteiger partial charge on any atom is 0.236 e. The molecule has 1 atom stereocenters. The van der Waals surface area contributed by atoms with E-state index in [9.17, 15) is 4.79 Å². The van der Waals surface area contributed by atoms with Crippen LogP contribution in [0.2, 0.25) is 0 Å². The Hall–Kier alpha value is -1.90. The number of fused-ring (bicyclic) bond motifs is 1. The maximum absolute atomic E-state index is 12.8. The lowest BCUT2D eigenvalue weighted by Gasteiger charge is -2.28. The van der Waals surface area contributed by atoms with Gasteiger partial charge in [-0.15, -0.1) is 21.5 Å². The molecule has 1 N–H and O–H groups in total. The van der Waals surface area contributed by atoms with Crippen LogP contribution >= 0.6 is 34.4 Å². The summed E-state index contributed by atoms with van der Waals surface area (Å²) in [6, 6.07) is 12.0. The van der Waals surface area contributed by atoms with E-state index >= 15 is 0 Å². The Balaban J connectivity index is 1.36. The summed E-state index contributed by atoms with van der Waals surface area (Å²) in [5.41, 5.74) is 2.27. The van der Waals surface area contributed by atoms with E-state index in [1.165, 1.54) is 33.5 Å². The molecule has 8 heteroatoms. The zero-order valence-electron chi connectivity index (χ0n) is 14.2. The zero-order chi connectivity index (χ0) is 17.9. The number of anilines is 2. The van der Waals surface area contributed by atoms with Crippen LogP contribution in [0.25, 0.3) is 0 Å². The van der Waals surface area contributed by atoms with Crippen LogP contribution in [0.1, 0.15) is 17.4 Å². The van der Waals surface area contributed by atoms with Crippen LogP contribution < -0.4 is 5.32 Å². The van der Waals surface area contributed by atoms with Gasteiger partial charge in [0.25, 0.3) is 0 Å². The molecule has 0 saturated heterocycles. The molecule has 3 aromatic rings. The molecule has 2 aromatic heterocycles. The molecule has 0 bridgehead atoms. The van der Waals surface area contributed by atoms with Gasteiger partial charge in [0.2, 0.25) is 11.0 Å². The molecule has 1 aromatic carbocycles. The third kappa shape index (κ3) is 3.92. The fraction of sp³-hybridized carbons (Fsp3) is 0.278. The summed E-state index contributed by atoms with van der Waals surface area (Å²) in [7, 11) is 0. The second-order valence-corrected chi connectivity index (χ2v) is 9.57. The molecule has 134 valence electrons. The van der Waals surface area contributed by atoms with E-state index in [0.717, 1.165) is 34.7 Å². The first-order valence-corrected chi connectivity index (χ1v) is 10.9. The Morgan fingerprint density at radius 1 is 1.27 bits per heavy atom. The summed E-state index contributed by atoms with van der Waals surface area (Å²) in [5, 5.41) is 14.3. The molecular formula is C18H18N4OS3. The Kier molecular flexibility index (Phi) is 5.23. The fourth-order valence-electron chi connectivity index (χ4n) is 2.85. The average molecular weight is 403 g/mol. The summed E-state index contributed by atoms with van der Waals surface area (Å²) >= 11 is 4.73. The summed E-state index contributed by atoms with van der Waals surface area (Å²) in [4.78, 5) is 16.1. The lowest BCUT2D eigenvalue weighted by Crippen LogP contribution is -2.39. The Morgan fingerprint density at radius 3 is 2.96 bits per heavy atom. The highest BCUT2D eigenvalue weighted by molar-refractivity contribution is 8.02. The lowest BCUT2D eigenvalue weighted by atomic mass is 10.1. The molecule has 26 heavy (non-hydrogen) atoms. The molecule has 1 aliphatic rings. The van der Waals surface area contributed by atoms with E-state index in [2.05, 4.69) is 27.0 Å². The number of amides is 1. The highest BCUT2D eigenvalue weighted by Crippen LogP contribution is 2.32. The number of hydrogen-bond donors (Lipinski definition) is 1. The van der Waals surface area contributed by atoms with Gasteiger partial charge in [0.1, 0.15) is 0 Å². The first kappa shape index (κ1) is 17.5. The van der Waals surface area contributed by atoms with Crippen LogP contribution in [0, 0.1) is 0 Å². The molecule has 3 heterocycles. The van der Waals surface area contributed by atoms with E-state index in [1.807, 2.05) is 42.2 Å². The third-order valence-electron chi connectivity index (χ3n) is 4.18. The average Bonchev–Trinajstić information content (AvgIpc) is 3.30. The zero-order valence-corrected chi connectivity index (χ0v) is 16.7. The van der Waals surface area contributed by atoms with E-state index in [1.54, 1.807) is 11.3 Å². The van der Waals surface area contributed by atoms with Crippen molar-refractivity contribution in [1.82, 2.24) is 15.1 Å². The summed E-state index contributed by atoms with van der Waals surface area (Å²) in [6.45, 7) is 3.47. The summed E-state index contributed by atoms with van der Waals surface area (Å²) in [6.07, 6.45) is 0.958. The van der Waals surface area contributed by atoms with Gasteiger partial charge in [-0.2, -0.15) is 0 Å². The van der Waals surface area contributed by atoms with Crippen molar-refractivity contribution in [3.8, 4) is 0 Å². The SMILES string of the molecule is CC(Sc1nnc(Nc2ccccc2)s1)C(=O)N1CCc2sccc2C1. The van der Waals surface area contributed by atoms with Gasteiger partial charge in [0.05, 0.1) is 5.25 Å². The molecule has 0 aliphatic carbocycles. The van der Waals surface area contributed by atoms with Crippen LogP contribution in [0.3, 0.4) is 0 Å². The van der Waals surface area contributed by atoms with Gasteiger partial charge in [0, 0.05) is 23.7 Å². The van der Waals surface area contributed by atoms with Gasteiger partial charge in [-0.1, -0.05) is 41.3 Å². The van der Waals surface area contributed by atoms with E-state index in [0.29, 0.717) is 0 Å². The number of para-hydroxylation sites is 1. The summed E-state index contributed by atoms with van der Waals surface area (Å²) < 4.78 is 0.803. The van der Waals surface area contributed by atoms with Crippen molar-refractivity contribution in [2.24, 2.45) is 0 Å². The van der Waals surface area contributed by atoms with Crippen LogP contribution in [0.15, 0.2) is 46.1 Å². The van der Waals surface area contributed by atoms with Gasteiger partial charge in [-0.05, 0) is 42.5 Å². The van der Waals surface area contributed by atoms with Crippen molar-refractivity contribution >= 4 is 51.2 Å². The van der Waals surface area contributed by atoms with Gasteiger partial charge in [-0.3, -0.25) is 4.79 Å². The van der Waals surface area contributed by atoms with Crippen molar-refractivity contribution in [3.05, 3.63) is 52.2 Å². The Morgan fingerprint density at radius 2 is 2.12 bits per heavy atom. The van der Waals surface area contributed by atoms with Crippen molar-refractivity contribution in [2.75, 3.05) is 11.9 Å². The quantitative estimate of drug-likeness (QED) is 0.641. The number of thiophene rings is 1. The van der Waals surface area contributed by atoms with Crippen LogP contribution in [-0.4, -0.2) is 32.8 Å². The first-order valence-electron chi connectivity index (χ1n) is 8.35. The summed E-state index contributed by atoms with van der Waals surface area (Å²) in [5.74, 6) is 0.166. The topological polar surface area (TPSA) is 58.1 Å². The number of nitrogens with one attached hydrogen (secondary N) is 1. The maximum atomic E-state index is 12.8. The smallest absolute Gasteiger partial charge is 0.236 e. The first-order chi connectivity index (χ1) is 12.7. The minimum absolute atomic E-state index is 0.166. The molecule has 1 unspecified atom stereocenters. The van der Waals surface area contributed by atoms with Crippen molar-refractivity contribution in [3.63, 3.8) is 0 Å². The van der Waals surface area contributed by atoms with Crippen molar-refractivity contribution in [1.29, 1.82) is 0 Å². The molecule has 0 spiro atoms. The molecule has 1 amide bonds. The minimum Gasteiger partial charge on any atom is -0.337 e. The molecular weight excluding hydrogens is 384 g/mol. The molecule has 0 radical (unpaired) electrons. The van der Waals surface area contributed by atoms with E-state index in [-0.39, 0.29) is 11.2 Å². The number of carbonyl (C=O) groups is 1. The van der Waals surface area contributed by atoms with Gasteiger partial charge in [-0.25, -0.2) is 0 Å². The third-order valence-corrected chi connectivity index (χ3v) is 7.21. The number of benzene rings is 1. The number of carbonyl (C=O) groups excluding carboxylic acids is 1. The van der Waals surface area contributed by atoms with Crippen LogP contribution in [0.5, 0.6) is 0 Å². The van der Waals surface area contributed by atoms with Gasteiger partial charge >= 0.3 is 0 Å². The van der Waals surface area contributed by atoms with Crippen LogP contribution in [0.4, 0.5) is 10.8 Å². The standard InChI is InChI=1S/C18H18N4OS3/c1-12(16(23)22-9-7-15-13(11-22)8-10-24-15)25-18-21-20-17(26-18)19-14-5-3-2-4-6-14/h2-6,8,10,12H,7,9,11H2,1H3,(H,19,20). The van der Waals surface area contributed by atoms with Crippen molar-refractivity contribution in [2.45, 2.75) is 29.5 Å². The monoisotopic (exact) mass is 402 g/mol. The molecule has 5 nitrogen and oxygen atoms in total. The Bertz CT molecular complexity index is 893. The molecule has 0 saturated carbocycles. The second kappa shape index (κ2) is 7.77. The predicted octanol–water partition coefficient (Wildman–Crippen LogP) is 4.41. The highest BCUT2D eigenvalue weighted by atomic mass is 32.2. The lowest BCUT2D eigenvalue weighted by molar-refractivity contribution is -0.131. The number of rotatable bonds is 5. The van der Waals surface area contributed by atoms with Gasteiger partial charge in [0.15, 0.2) is 4.34 Å². The van der Waals surface area contributed by atoms with Gasteiger partial charge < -0.3 is 10.2 Å². The molecule has 4 rings (SSSR count). The largest absolute Gasteiger partial charge is 0.337 e. The number of nitrogens with zero attached hydrogens (tertiary/aromatic N) is 3. The van der Waals surface area contributed by atoms with E-state index < -0.39 is 0 Å². The highest BCUT2D eigenvalue weighted by Gasteiger charge is 2.26. The normalized spacial score (nSPS) is 14.7. The molecule has 0 fully saturated rings. The second-order valence-electron chi connectivity index (χ2n) is 6.00. The number of hydrogen-bond acceptors (Lipinski definition) is 7. The molecule has 1 aliphatic heterocycles. The minimum atomic E-state index is -0.173.